The number of hydrogen-bond acceptors (Lipinski definition) is 2. The second kappa shape index (κ2) is 7.91. The van der Waals surface area contributed by atoms with E-state index in [9.17, 15) is 4.79 Å². The first-order valence-corrected chi connectivity index (χ1v) is 5.78. The third kappa shape index (κ3) is 7.94. The topological polar surface area (TPSA) is 55.1 Å². The summed E-state index contributed by atoms with van der Waals surface area (Å²) in [6.07, 6.45) is 2.17. The predicted octanol–water partition coefficient (Wildman–Crippen LogP) is 2.33. The molecule has 0 aromatic rings. The fourth-order valence-corrected chi connectivity index (χ4v) is 1.23. The number of amides is 1. The fraction of sp³-hybridized carbons (Fsp3) is 0.917. The van der Waals surface area contributed by atoms with Crippen molar-refractivity contribution in [3.05, 3.63) is 0 Å². The molecule has 0 radical (unpaired) electrons. The molecule has 0 rings (SSSR count). The number of nitrogens with one attached hydrogen (secondary N) is 1. The monoisotopic (exact) mass is 250 g/mol. The average molecular weight is 251 g/mol. The SMILES string of the molecule is CC(C)CCCNC(=O)[C@@H](N)C(C)(C)C.Cl. The molecule has 0 aliphatic carbocycles. The number of carbonyl (C=O) groups excluding carboxylic acids is 1. The van der Waals surface area contributed by atoms with Gasteiger partial charge in [0.2, 0.25) is 5.91 Å². The molecule has 1 atom stereocenters. The van der Waals surface area contributed by atoms with Gasteiger partial charge in [-0.15, -0.1) is 12.4 Å². The van der Waals surface area contributed by atoms with Gasteiger partial charge in [0, 0.05) is 6.54 Å². The number of halogens is 1. The number of nitrogens with two attached hydrogens (primary N) is 1. The summed E-state index contributed by atoms with van der Waals surface area (Å²) in [5.74, 6) is 0.657. The van der Waals surface area contributed by atoms with E-state index in [1.165, 1.54) is 0 Å². The van der Waals surface area contributed by atoms with Gasteiger partial charge in [0.25, 0.3) is 0 Å². The van der Waals surface area contributed by atoms with E-state index in [0.717, 1.165) is 19.4 Å². The largest absolute Gasteiger partial charge is 0.355 e. The third-order valence-corrected chi connectivity index (χ3v) is 2.47. The lowest BCUT2D eigenvalue weighted by Gasteiger charge is -2.25. The maximum atomic E-state index is 11.6. The number of hydrogen-bond donors (Lipinski definition) is 2. The summed E-state index contributed by atoms with van der Waals surface area (Å²) in [5.41, 5.74) is 5.66. The van der Waals surface area contributed by atoms with Crippen LogP contribution in [-0.4, -0.2) is 18.5 Å². The van der Waals surface area contributed by atoms with Crippen molar-refractivity contribution in [1.29, 1.82) is 0 Å². The van der Waals surface area contributed by atoms with Crippen LogP contribution in [0.15, 0.2) is 0 Å². The maximum absolute atomic E-state index is 11.6. The van der Waals surface area contributed by atoms with Gasteiger partial charge < -0.3 is 11.1 Å². The van der Waals surface area contributed by atoms with Gasteiger partial charge in [-0.1, -0.05) is 34.6 Å². The van der Waals surface area contributed by atoms with Crippen molar-refractivity contribution >= 4 is 18.3 Å². The minimum atomic E-state index is -0.420. The number of rotatable bonds is 5. The van der Waals surface area contributed by atoms with E-state index in [0.29, 0.717) is 5.92 Å². The van der Waals surface area contributed by atoms with E-state index in [2.05, 4.69) is 19.2 Å². The van der Waals surface area contributed by atoms with Gasteiger partial charge in [0.1, 0.15) is 0 Å². The van der Waals surface area contributed by atoms with E-state index < -0.39 is 6.04 Å². The molecule has 1 amide bonds. The minimum Gasteiger partial charge on any atom is -0.355 e. The van der Waals surface area contributed by atoms with Crippen LogP contribution >= 0.6 is 12.4 Å². The summed E-state index contributed by atoms with van der Waals surface area (Å²) in [6.45, 7) is 11.0. The molecule has 0 bridgehead atoms. The Labute approximate surface area is 106 Å². The molecule has 0 aliphatic rings. The van der Waals surface area contributed by atoms with Crippen molar-refractivity contribution in [1.82, 2.24) is 5.32 Å². The second-order valence-electron chi connectivity index (χ2n) is 5.67. The Hall–Kier alpha value is -0.280. The fourth-order valence-electron chi connectivity index (χ4n) is 1.23. The van der Waals surface area contributed by atoms with Gasteiger partial charge in [-0.3, -0.25) is 4.79 Å². The molecule has 16 heavy (non-hydrogen) atoms. The van der Waals surface area contributed by atoms with Gasteiger partial charge in [-0.25, -0.2) is 0 Å². The van der Waals surface area contributed by atoms with Crippen molar-refractivity contribution in [2.24, 2.45) is 17.1 Å². The van der Waals surface area contributed by atoms with Gasteiger partial charge in [0.05, 0.1) is 6.04 Å². The summed E-state index contributed by atoms with van der Waals surface area (Å²) in [5, 5.41) is 2.88. The maximum Gasteiger partial charge on any atom is 0.237 e. The molecule has 3 nitrogen and oxygen atoms in total. The first kappa shape index (κ1) is 18.1. The van der Waals surface area contributed by atoms with Gasteiger partial charge >= 0.3 is 0 Å². The highest BCUT2D eigenvalue weighted by Crippen LogP contribution is 2.17. The molecule has 98 valence electrons. The summed E-state index contributed by atoms with van der Waals surface area (Å²) in [4.78, 5) is 11.6. The van der Waals surface area contributed by atoms with Crippen LogP contribution in [0.3, 0.4) is 0 Å². The molecular weight excluding hydrogens is 224 g/mol. The molecule has 4 heteroatoms. The molecule has 0 saturated carbocycles. The molecule has 0 unspecified atom stereocenters. The van der Waals surface area contributed by atoms with E-state index in [-0.39, 0.29) is 23.7 Å². The Morgan fingerprint density at radius 3 is 2.19 bits per heavy atom. The van der Waals surface area contributed by atoms with Crippen LogP contribution in [0.25, 0.3) is 0 Å². The smallest absolute Gasteiger partial charge is 0.237 e. The molecule has 0 aromatic heterocycles. The zero-order valence-corrected chi connectivity index (χ0v) is 12.0. The van der Waals surface area contributed by atoms with Crippen LogP contribution in [-0.2, 0) is 4.79 Å². The van der Waals surface area contributed by atoms with Crippen LogP contribution in [0.5, 0.6) is 0 Å². The van der Waals surface area contributed by atoms with Crippen LogP contribution in [0.1, 0.15) is 47.5 Å². The van der Waals surface area contributed by atoms with E-state index in [1.54, 1.807) is 0 Å². The van der Waals surface area contributed by atoms with Crippen LogP contribution in [0.2, 0.25) is 0 Å². The quantitative estimate of drug-likeness (QED) is 0.736. The lowest BCUT2D eigenvalue weighted by Crippen LogP contribution is -2.48. The Balaban J connectivity index is 0. The Morgan fingerprint density at radius 1 is 1.31 bits per heavy atom. The summed E-state index contributed by atoms with van der Waals surface area (Å²) in [7, 11) is 0. The van der Waals surface area contributed by atoms with Gasteiger partial charge in [-0.2, -0.15) is 0 Å². The van der Waals surface area contributed by atoms with Crippen LogP contribution in [0.4, 0.5) is 0 Å². The van der Waals surface area contributed by atoms with Crippen molar-refractivity contribution in [3.63, 3.8) is 0 Å². The average Bonchev–Trinajstić information content (AvgIpc) is 2.09. The molecular formula is C12H27ClN2O. The summed E-state index contributed by atoms with van der Waals surface area (Å²) < 4.78 is 0. The number of carbonyl (C=O) groups is 1. The van der Waals surface area contributed by atoms with E-state index in [1.807, 2.05) is 20.8 Å². The van der Waals surface area contributed by atoms with Crippen LogP contribution < -0.4 is 11.1 Å². The van der Waals surface area contributed by atoms with Crippen molar-refractivity contribution < 1.29 is 4.79 Å². The Morgan fingerprint density at radius 2 is 1.81 bits per heavy atom. The van der Waals surface area contributed by atoms with Crippen molar-refractivity contribution in [3.8, 4) is 0 Å². The second-order valence-corrected chi connectivity index (χ2v) is 5.67. The van der Waals surface area contributed by atoms with Gasteiger partial charge in [-0.05, 0) is 24.2 Å². The first-order valence-electron chi connectivity index (χ1n) is 5.78. The highest BCUT2D eigenvalue weighted by molar-refractivity contribution is 5.85. The molecule has 0 aromatic carbocycles. The predicted molar refractivity (Wildman–Crippen MR) is 71.8 cm³/mol. The van der Waals surface area contributed by atoms with E-state index >= 15 is 0 Å². The molecule has 0 spiro atoms. The lowest BCUT2D eigenvalue weighted by molar-refractivity contribution is -0.124. The third-order valence-electron chi connectivity index (χ3n) is 2.47. The molecule has 0 aliphatic heterocycles. The first-order chi connectivity index (χ1) is 6.75. The zero-order chi connectivity index (χ0) is 12.1. The minimum absolute atomic E-state index is 0. The highest BCUT2D eigenvalue weighted by atomic mass is 35.5. The van der Waals surface area contributed by atoms with Crippen LogP contribution in [0, 0.1) is 11.3 Å². The molecule has 0 saturated heterocycles. The Kier molecular flexibility index (Phi) is 8.94. The zero-order valence-electron chi connectivity index (χ0n) is 11.2. The Bertz CT molecular complexity index is 200. The van der Waals surface area contributed by atoms with Crippen molar-refractivity contribution in [2.75, 3.05) is 6.54 Å². The molecule has 3 N–H and O–H groups in total. The molecule has 0 heterocycles. The normalized spacial score (nSPS) is 13.2. The summed E-state index contributed by atoms with van der Waals surface area (Å²) >= 11 is 0. The standard InChI is InChI=1S/C12H26N2O.ClH/c1-9(2)7-6-8-14-11(15)10(13)12(3,4)5;/h9-10H,6-8,13H2,1-5H3,(H,14,15);1H/t10-;/m1./s1. The van der Waals surface area contributed by atoms with E-state index in [4.69, 9.17) is 5.73 Å². The molecule has 0 fully saturated rings. The van der Waals surface area contributed by atoms with Crippen molar-refractivity contribution in [2.45, 2.75) is 53.5 Å². The summed E-state index contributed by atoms with van der Waals surface area (Å²) in [6, 6.07) is -0.420. The lowest BCUT2D eigenvalue weighted by atomic mass is 9.87. The highest BCUT2D eigenvalue weighted by Gasteiger charge is 2.26. The van der Waals surface area contributed by atoms with Gasteiger partial charge in [0.15, 0.2) is 0 Å².